The second-order valence-corrected chi connectivity index (χ2v) is 12.6. The third kappa shape index (κ3) is 5.30. The van der Waals surface area contributed by atoms with Crippen LogP contribution in [0.3, 0.4) is 0 Å². The summed E-state index contributed by atoms with van der Waals surface area (Å²) in [5.41, 5.74) is 5.58. The Morgan fingerprint density at radius 3 is 2.75 bits per heavy atom. The van der Waals surface area contributed by atoms with Gasteiger partial charge in [0.05, 0.1) is 13.2 Å². The zero-order valence-corrected chi connectivity index (χ0v) is 25.5. The van der Waals surface area contributed by atoms with E-state index < -0.39 is 0 Å². The number of piperazine rings is 1. The Labute approximate surface area is 255 Å². The van der Waals surface area contributed by atoms with Gasteiger partial charge in [0, 0.05) is 81.1 Å². The molecule has 4 N–H and O–H groups in total. The van der Waals surface area contributed by atoms with E-state index in [-0.39, 0.29) is 40.9 Å². The smallest absolute Gasteiger partial charge is 0.276 e. The Morgan fingerprint density at radius 2 is 2.00 bits per heavy atom. The summed E-state index contributed by atoms with van der Waals surface area (Å²) < 4.78 is 3.55. The Bertz CT molecular complexity index is 1780. The molecule has 3 aliphatic rings. The molecule has 1 fully saturated rings. The lowest BCUT2D eigenvalue weighted by Crippen LogP contribution is -2.44. The van der Waals surface area contributed by atoms with Crippen LogP contribution in [0, 0.1) is 10.8 Å². The molecule has 44 heavy (non-hydrogen) atoms. The van der Waals surface area contributed by atoms with Crippen LogP contribution >= 0.6 is 0 Å². The van der Waals surface area contributed by atoms with Gasteiger partial charge in [-0.1, -0.05) is 13.8 Å². The Morgan fingerprint density at radius 1 is 1.20 bits per heavy atom. The van der Waals surface area contributed by atoms with Crippen LogP contribution in [-0.4, -0.2) is 68.0 Å². The van der Waals surface area contributed by atoms with Gasteiger partial charge in [-0.25, -0.2) is 4.98 Å². The van der Waals surface area contributed by atoms with Crippen molar-refractivity contribution in [3.63, 3.8) is 0 Å². The van der Waals surface area contributed by atoms with Crippen molar-refractivity contribution in [1.29, 1.82) is 5.41 Å². The van der Waals surface area contributed by atoms with Crippen LogP contribution in [0.5, 0.6) is 0 Å². The second kappa shape index (κ2) is 11.1. The highest BCUT2D eigenvalue weighted by Gasteiger charge is 2.37. The minimum Gasteiger partial charge on any atom is -0.392 e. The van der Waals surface area contributed by atoms with Crippen LogP contribution < -0.4 is 21.1 Å². The van der Waals surface area contributed by atoms with Gasteiger partial charge in [-0.2, -0.15) is 0 Å². The quantitative estimate of drug-likeness (QED) is 0.260. The molecule has 0 saturated carbocycles. The van der Waals surface area contributed by atoms with E-state index in [1.165, 1.54) is 22.7 Å². The van der Waals surface area contributed by atoms with Crippen molar-refractivity contribution in [2.75, 3.05) is 36.4 Å². The summed E-state index contributed by atoms with van der Waals surface area (Å²) in [5.74, 6) is 0.193. The molecule has 0 unspecified atom stereocenters. The third-order valence-electron chi connectivity index (χ3n) is 8.69. The molecule has 6 rings (SSSR count). The number of nitrogens with one attached hydrogen (secondary N) is 3. The van der Waals surface area contributed by atoms with Crippen LogP contribution in [0.4, 0.5) is 11.5 Å². The normalized spacial score (nSPS) is 18.2. The number of fused-ring (bicyclic) bond motifs is 3. The van der Waals surface area contributed by atoms with Gasteiger partial charge in [-0.15, -0.1) is 0 Å². The van der Waals surface area contributed by atoms with E-state index in [0.29, 0.717) is 66.6 Å². The fraction of sp³-hybridized carbons (Fsp3) is 0.406. The number of rotatable bonds is 5. The highest BCUT2D eigenvalue weighted by atomic mass is 16.3. The van der Waals surface area contributed by atoms with Crippen LogP contribution in [0.1, 0.15) is 48.1 Å². The van der Waals surface area contributed by atoms with Crippen molar-refractivity contribution < 1.29 is 14.7 Å². The molecule has 230 valence electrons. The minimum atomic E-state index is -0.361. The van der Waals surface area contributed by atoms with Gasteiger partial charge in [0.25, 0.3) is 11.5 Å². The number of aromatic nitrogens is 3. The number of hydrogen-bond donors (Lipinski definition) is 4. The van der Waals surface area contributed by atoms with Crippen molar-refractivity contribution in [2.45, 2.75) is 46.8 Å². The van der Waals surface area contributed by atoms with E-state index >= 15 is 0 Å². The topological polar surface area (TPSA) is 149 Å². The number of aliphatic hydroxyl groups excluding tert-OH is 1. The van der Waals surface area contributed by atoms with Gasteiger partial charge < -0.3 is 29.8 Å². The van der Waals surface area contributed by atoms with Crippen LogP contribution in [-0.2, 0) is 37.8 Å². The first kappa shape index (κ1) is 29.4. The number of carbonyl (C=O) groups excluding carboxylic acids is 2. The molecule has 0 spiro atoms. The summed E-state index contributed by atoms with van der Waals surface area (Å²) in [6.45, 7) is 8.25. The summed E-state index contributed by atoms with van der Waals surface area (Å²) >= 11 is 0. The monoisotopic (exact) mass is 598 g/mol. The van der Waals surface area contributed by atoms with Crippen molar-refractivity contribution >= 4 is 29.2 Å². The summed E-state index contributed by atoms with van der Waals surface area (Å²) in [5, 5.41) is 25.1. The molecule has 0 aromatic carbocycles. The number of carbonyl (C=O) groups is 2. The molecule has 5 heterocycles. The maximum atomic E-state index is 13.8. The predicted molar refractivity (Wildman–Crippen MR) is 168 cm³/mol. The first-order valence-corrected chi connectivity index (χ1v) is 14.8. The molecule has 0 radical (unpaired) electrons. The fourth-order valence-electron chi connectivity index (χ4n) is 6.61. The number of amidine groups is 1. The lowest BCUT2D eigenvalue weighted by atomic mass is 9.90. The zero-order valence-electron chi connectivity index (χ0n) is 25.5. The van der Waals surface area contributed by atoms with Crippen molar-refractivity contribution in [2.24, 2.45) is 12.5 Å². The number of hydrogen-bond acceptors (Lipinski definition) is 7. The highest BCUT2D eigenvalue weighted by molar-refractivity contribution is 6.06. The zero-order chi connectivity index (χ0) is 31.3. The molecule has 0 bridgehead atoms. The Kier molecular flexibility index (Phi) is 7.40. The van der Waals surface area contributed by atoms with E-state index in [2.05, 4.69) is 34.0 Å². The lowest BCUT2D eigenvalue weighted by molar-refractivity contribution is -0.128. The number of pyridine rings is 2. The van der Waals surface area contributed by atoms with E-state index in [1.807, 2.05) is 6.07 Å². The number of amides is 2. The summed E-state index contributed by atoms with van der Waals surface area (Å²) in [6.07, 6.45) is 6.72. The van der Waals surface area contributed by atoms with E-state index in [1.54, 1.807) is 47.4 Å². The number of nitrogens with zero attached hydrogens (tertiary/aromatic N) is 5. The van der Waals surface area contributed by atoms with Gasteiger partial charge in [0.2, 0.25) is 5.91 Å². The predicted octanol–water partition coefficient (Wildman–Crippen LogP) is 2.25. The average Bonchev–Trinajstić information content (AvgIpc) is 3.47. The van der Waals surface area contributed by atoms with E-state index in [0.717, 1.165) is 12.8 Å². The van der Waals surface area contributed by atoms with Crippen molar-refractivity contribution in [3.8, 4) is 11.1 Å². The summed E-state index contributed by atoms with van der Waals surface area (Å²) in [7, 11) is 1.62. The van der Waals surface area contributed by atoms with Gasteiger partial charge in [0.1, 0.15) is 23.0 Å². The first-order chi connectivity index (χ1) is 21.0. The average molecular weight is 599 g/mol. The van der Waals surface area contributed by atoms with Gasteiger partial charge in [-0.05, 0) is 47.6 Å². The SMILES string of the molecule is CC(=O)N1CCN/C(=C\C(=N)Nc2cc(-c3ccnc(N4CCn5c(cc6c5CC(C)(C)C6)C4=O)c3CO)cn(C)c2=O)C1. The molecule has 1 saturated heterocycles. The maximum Gasteiger partial charge on any atom is 0.276 e. The van der Waals surface area contributed by atoms with Gasteiger partial charge in [0.15, 0.2) is 0 Å². The first-order valence-electron chi connectivity index (χ1n) is 14.8. The van der Waals surface area contributed by atoms with Crippen LogP contribution in [0.25, 0.3) is 11.1 Å². The van der Waals surface area contributed by atoms with Gasteiger partial charge >= 0.3 is 0 Å². The number of anilines is 2. The maximum absolute atomic E-state index is 13.8. The molecule has 1 aliphatic carbocycles. The van der Waals surface area contributed by atoms with Crippen LogP contribution in [0.15, 0.2) is 47.2 Å². The van der Waals surface area contributed by atoms with E-state index in [4.69, 9.17) is 5.41 Å². The Hall–Kier alpha value is -4.71. The summed E-state index contributed by atoms with van der Waals surface area (Å²) in [6, 6.07) is 5.40. The summed E-state index contributed by atoms with van der Waals surface area (Å²) in [4.78, 5) is 46.5. The molecule has 12 heteroatoms. The van der Waals surface area contributed by atoms with Gasteiger partial charge in [-0.3, -0.25) is 24.7 Å². The molecule has 0 atom stereocenters. The molecule has 2 aliphatic heterocycles. The van der Waals surface area contributed by atoms with Crippen molar-refractivity contribution in [1.82, 2.24) is 24.3 Å². The molecule has 3 aromatic rings. The third-order valence-corrected chi connectivity index (χ3v) is 8.69. The van der Waals surface area contributed by atoms with Crippen molar-refractivity contribution in [3.05, 3.63) is 75.2 Å². The highest BCUT2D eigenvalue weighted by Crippen LogP contribution is 2.40. The minimum absolute atomic E-state index is 0.0119. The molecule has 3 aromatic heterocycles. The van der Waals surface area contributed by atoms with E-state index in [9.17, 15) is 19.5 Å². The molecule has 12 nitrogen and oxygen atoms in total. The Balaban J connectivity index is 1.29. The molecule has 2 amide bonds. The lowest BCUT2D eigenvalue weighted by Gasteiger charge is -2.31. The second-order valence-electron chi connectivity index (χ2n) is 12.6. The number of aliphatic hydroxyl groups is 1. The largest absolute Gasteiger partial charge is 0.392 e. The number of aryl methyl sites for hydroxylation is 1. The molecular weight excluding hydrogens is 560 g/mol. The molecular formula is C32H38N8O4. The fourth-order valence-corrected chi connectivity index (χ4v) is 6.61. The standard InChI is InChI=1S/C32H38N8O4/c1-19(42)38-8-7-34-22(17-38)13-28(33)36-25-11-21(16-37(4)30(25)43)23-5-6-35-29(24(23)18-41)40-10-9-39-26(31(40)44)12-20-14-32(2,3)15-27(20)39/h5-6,11-13,16,34,41H,7-10,14-15,17-18H2,1-4H3,(H2,33,36)/b22-13-. The van der Waals surface area contributed by atoms with Crippen LogP contribution in [0.2, 0.25) is 0 Å².